The van der Waals surface area contributed by atoms with Crippen LogP contribution in [0.3, 0.4) is 0 Å². The Kier molecular flexibility index (Phi) is 7.97. The minimum Gasteiger partial charge on any atom is -0.497 e. The van der Waals surface area contributed by atoms with Crippen LogP contribution in [-0.2, 0) is 19.2 Å². The summed E-state index contributed by atoms with van der Waals surface area (Å²) in [6.07, 6.45) is 1.73. The van der Waals surface area contributed by atoms with Gasteiger partial charge < -0.3 is 9.16 Å². The molecule has 6 nitrogen and oxygen atoms in total. The van der Waals surface area contributed by atoms with E-state index in [4.69, 9.17) is 9.16 Å². The molecule has 3 aromatic rings. The van der Waals surface area contributed by atoms with Gasteiger partial charge in [-0.2, -0.15) is 0 Å². The first-order chi connectivity index (χ1) is 18.1. The molecule has 0 radical (unpaired) electrons. The summed E-state index contributed by atoms with van der Waals surface area (Å²) in [5, 5.41) is 1.88. The fraction of sp³-hybridized carbons (Fsp3) is 0.300. The number of rotatable bonds is 9. The quantitative estimate of drug-likeness (QED) is 0.293. The third-order valence-corrected chi connectivity index (χ3v) is 14.1. The minimum atomic E-state index is -4.12. The fourth-order valence-electron chi connectivity index (χ4n) is 5.36. The van der Waals surface area contributed by atoms with Crippen LogP contribution < -0.4 is 15.1 Å². The summed E-state index contributed by atoms with van der Waals surface area (Å²) in [6, 6.07) is 25.7. The van der Waals surface area contributed by atoms with Crippen LogP contribution in [0.1, 0.15) is 27.2 Å². The molecule has 0 bridgehead atoms. The van der Waals surface area contributed by atoms with Crippen molar-refractivity contribution in [1.82, 2.24) is 4.31 Å². The predicted molar refractivity (Wildman–Crippen MR) is 153 cm³/mol. The van der Waals surface area contributed by atoms with Crippen molar-refractivity contribution in [2.24, 2.45) is 5.92 Å². The Morgan fingerprint density at radius 1 is 0.947 bits per heavy atom. The Balaban J connectivity index is 1.78. The van der Waals surface area contributed by atoms with E-state index in [1.165, 1.54) is 19.2 Å². The third kappa shape index (κ3) is 4.96. The van der Waals surface area contributed by atoms with Crippen LogP contribution in [0, 0.1) is 5.92 Å². The van der Waals surface area contributed by atoms with Crippen molar-refractivity contribution in [3.63, 3.8) is 0 Å². The molecule has 0 N–H and O–H groups in total. The molecule has 0 saturated carbocycles. The maximum absolute atomic E-state index is 13.8. The van der Waals surface area contributed by atoms with Gasteiger partial charge in [0, 0.05) is 12.3 Å². The monoisotopic (exact) mass is 549 g/mol. The molecule has 38 heavy (non-hydrogen) atoms. The van der Waals surface area contributed by atoms with E-state index in [9.17, 15) is 13.2 Å². The zero-order chi connectivity index (χ0) is 27.6. The molecule has 0 aromatic heterocycles. The van der Waals surface area contributed by atoms with Gasteiger partial charge in [0.15, 0.2) is 0 Å². The van der Waals surface area contributed by atoms with E-state index < -0.39 is 30.3 Å². The molecule has 1 amide bonds. The number of carbonyl (C=O) groups excluding carboxylic acids is 1. The summed E-state index contributed by atoms with van der Waals surface area (Å²) in [7, 11) is -5.55. The molecule has 1 fully saturated rings. The lowest BCUT2D eigenvalue weighted by Crippen LogP contribution is -2.67. The van der Waals surface area contributed by atoms with Gasteiger partial charge in [-0.25, -0.2) is 12.7 Å². The number of hydrogen-bond donors (Lipinski definition) is 0. The lowest BCUT2D eigenvalue weighted by molar-refractivity contribution is -0.124. The molecule has 1 aliphatic rings. The van der Waals surface area contributed by atoms with Crippen molar-refractivity contribution in [1.29, 1.82) is 0 Å². The molecule has 1 aliphatic heterocycles. The summed E-state index contributed by atoms with van der Waals surface area (Å²) in [6.45, 7) is 10.5. The van der Waals surface area contributed by atoms with Gasteiger partial charge in [0.05, 0.1) is 24.7 Å². The first-order valence-corrected chi connectivity index (χ1v) is 16.0. The number of hydrogen-bond acceptors (Lipinski definition) is 5. The number of amides is 1. The highest BCUT2D eigenvalue weighted by Crippen LogP contribution is 2.39. The highest BCUT2D eigenvalue weighted by atomic mass is 32.2. The Morgan fingerprint density at radius 3 is 1.92 bits per heavy atom. The van der Waals surface area contributed by atoms with Crippen LogP contribution in [0.5, 0.6) is 5.75 Å². The van der Waals surface area contributed by atoms with Crippen LogP contribution in [0.4, 0.5) is 0 Å². The van der Waals surface area contributed by atoms with Gasteiger partial charge in [0.1, 0.15) is 5.75 Å². The number of nitrogens with zero attached hydrogens (tertiary/aromatic N) is 1. The molecule has 4 rings (SSSR count). The molecule has 0 spiro atoms. The average Bonchev–Trinajstić information content (AvgIpc) is 3.25. The van der Waals surface area contributed by atoms with Crippen LogP contribution in [0.15, 0.2) is 102 Å². The Hall–Kier alpha value is -3.20. The van der Waals surface area contributed by atoms with Gasteiger partial charge in [-0.1, -0.05) is 87.5 Å². The van der Waals surface area contributed by atoms with Gasteiger partial charge in [-0.15, -0.1) is 6.58 Å². The predicted octanol–water partition coefficient (Wildman–Crippen LogP) is 4.36. The van der Waals surface area contributed by atoms with E-state index in [2.05, 4.69) is 51.6 Å². The highest BCUT2D eigenvalue weighted by Gasteiger charge is 2.52. The number of carbonyl (C=O) groups is 1. The highest BCUT2D eigenvalue weighted by molar-refractivity contribution is 7.89. The van der Waals surface area contributed by atoms with Crippen LogP contribution in [-0.4, -0.2) is 46.7 Å². The van der Waals surface area contributed by atoms with Crippen molar-refractivity contribution in [2.75, 3.05) is 13.7 Å². The normalized spacial score (nSPS) is 18.4. The first-order valence-electron chi connectivity index (χ1n) is 12.6. The molecule has 0 aliphatic carbocycles. The number of benzene rings is 3. The summed E-state index contributed by atoms with van der Waals surface area (Å²) in [5.41, 5.74) is 0. The number of ether oxygens (including phenoxy) is 1. The van der Waals surface area contributed by atoms with Gasteiger partial charge >= 0.3 is 0 Å². The van der Waals surface area contributed by atoms with Crippen molar-refractivity contribution in [3.05, 3.63) is 97.6 Å². The molecule has 3 aromatic carbocycles. The molecule has 1 saturated heterocycles. The van der Waals surface area contributed by atoms with Crippen LogP contribution in [0.2, 0.25) is 5.04 Å². The molecular weight excluding hydrogens is 514 g/mol. The zero-order valence-electron chi connectivity index (χ0n) is 22.3. The van der Waals surface area contributed by atoms with Crippen molar-refractivity contribution < 1.29 is 22.4 Å². The van der Waals surface area contributed by atoms with E-state index in [0.717, 1.165) is 14.7 Å². The number of methoxy groups -OCH3 is 1. The van der Waals surface area contributed by atoms with Crippen molar-refractivity contribution in [2.45, 2.75) is 43.2 Å². The molecule has 2 atom stereocenters. The van der Waals surface area contributed by atoms with Gasteiger partial charge in [0.2, 0.25) is 5.91 Å². The number of sulfonamides is 1. The second-order valence-electron chi connectivity index (χ2n) is 10.5. The standard InChI is InChI=1S/C30H35NO5SSi/c1-6-23-21-29(32)31(37(33,34)25-19-17-24(35-5)18-20-25)28(23)22-36-38(30(2,3)4,26-13-9-7-10-14-26)27-15-11-8-12-16-27/h6-20,23,28H,1,21-22H2,2-5H3/t23-,28+/m1/s1. The van der Waals surface area contributed by atoms with E-state index in [-0.39, 0.29) is 28.9 Å². The zero-order valence-corrected chi connectivity index (χ0v) is 24.1. The van der Waals surface area contributed by atoms with Gasteiger partial charge in [-0.3, -0.25) is 4.79 Å². The molecule has 0 unspecified atom stereocenters. The SMILES string of the molecule is C=C[C@@H]1CC(=O)N(S(=O)(=O)c2ccc(OC)cc2)[C@H]1CO[Si](c1ccccc1)(c1ccccc1)C(C)(C)C. The summed E-state index contributed by atoms with van der Waals surface area (Å²) >= 11 is 0. The van der Waals surface area contributed by atoms with Crippen molar-refractivity contribution >= 4 is 34.6 Å². The lowest BCUT2D eigenvalue weighted by Gasteiger charge is -2.44. The summed E-state index contributed by atoms with van der Waals surface area (Å²) in [5.74, 6) is -0.289. The lowest BCUT2D eigenvalue weighted by atomic mass is 10.0. The van der Waals surface area contributed by atoms with E-state index in [0.29, 0.717) is 5.75 Å². The first kappa shape index (κ1) is 27.8. The van der Waals surface area contributed by atoms with Crippen molar-refractivity contribution in [3.8, 4) is 5.75 Å². The maximum atomic E-state index is 13.8. The second kappa shape index (κ2) is 10.9. The van der Waals surface area contributed by atoms with E-state index in [1.807, 2.05) is 36.4 Å². The van der Waals surface area contributed by atoms with E-state index >= 15 is 0 Å². The molecule has 200 valence electrons. The van der Waals surface area contributed by atoms with Gasteiger partial charge in [-0.05, 0) is 39.7 Å². The topological polar surface area (TPSA) is 72.9 Å². The fourth-order valence-corrected chi connectivity index (χ4v) is 11.6. The second-order valence-corrected chi connectivity index (χ2v) is 16.6. The summed E-state index contributed by atoms with van der Waals surface area (Å²) < 4.78 is 40.8. The smallest absolute Gasteiger partial charge is 0.266 e. The van der Waals surface area contributed by atoms with Crippen LogP contribution >= 0.6 is 0 Å². The average molecular weight is 550 g/mol. The Bertz CT molecular complexity index is 1330. The van der Waals surface area contributed by atoms with Gasteiger partial charge in [0.25, 0.3) is 18.3 Å². The molecule has 1 heterocycles. The van der Waals surface area contributed by atoms with Crippen LogP contribution in [0.25, 0.3) is 0 Å². The molecular formula is C30H35NO5SSi. The molecule has 8 heteroatoms. The third-order valence-electron chi connectivity index (χ3n) is 7.26. The Labute approximate surface area is 227 Å². The largest absolute Gasteiger partial charge is 0.497 e. The van der Waals surface area contributed by atoms with E-state index in [1.54, 1.807) is 18.2 Å². The maximum Gasteiger partial charge on any atom is 0.266 e. The minimum absolute atomic E-state index is 0.0341. The Morgan fingerprint density at radius 2 is 1.47 bits per heavy atom. The summed E-state index contributed by atoms with van der Waals surface area (Å²) in [4.78, 5) is 13.2.